The van der Waals surface area contributed by atoms with E-state index in [9.17, 15) is 13.2 Å². The van der Waals surface area contributed by atoms with Crippen molar-refractivity contribution in [2.24, 2.45) is 0 Å². The number of hydrogen-bond acceptors (Lipinski definition) is 5. The van der Waals surface area contributed by atoms with E-state index in [-0.39, 0.29) is 23.1 Å². The SMILES string of the molecule is CC(C)(C)OC(=O)NCC=CN(CCCc1ccccc1)S(=O)(=O)c1cccc2c(Cl)nccc12. The van der Waals surface area contributed by atoms with Gasteiger partial charge < -0.3 is 10.1 Å². The molecule has 0 saturated carbocycles. The van der Waals surface area contributed by atoms with Crippen LogP contribution < -0.4 is 5.32 Å². The number of pyridine rings is 1. The molecule has 0 radical (unpaired) electrons. The quantitative estimate of drug-likeness (QED) is 0.377. The molecule has 1 aromatic heterocycles. The van der Waals surface area contributed by atoms with Gasteiger partial charge in [-0.1, -0.05) is 54.1 Å². The number of nitrogens with zero attached hydrogens (tertiary/aromatic N) is 2. The number of benzene rings is 2. The Labute approximate surface area is 211 Å². The second-order valence-electron chi connectivity index (χ2n) is 8.93. The van der Waals surface area contributed by atoms with E-state index < -0.39 is 21.7 Å². The maximum Gasteiger partial charge on any atom is 0.407 e. The molecule has 3 aromatic rings. The van der Waals surface area contributed by atoms with Crippen molar-refractivity contribution in [3.63, 3.8) is 0 Å². The maximum atomic E-state index is 13.7. The van der Waals surface area contributed by atoms with Crippen molar-refractivity contribution in [3.05, 3.63) is 83.8 Å². The van der Waals surface area contributed by atoms with Crippen LogP contribution in [0.2, 0.25) is 5.15 Å². The van der Waals surface area contributed by atoms with Gasteiger partial charge >= 0.3 is 6.09 Å². The number of aromatic nitrogens is 1. The Balaban J connectivity index is 1.82. The first kappa shape index (κ1) is 26.5. The van der Waals surface area contributed by atoms with E-state index in [1.807, 2.05) is 30.3 Å². The molecule has 9 heteroatoms. The average Bonchev–Trinajstić information content (AvgIpc) is 2.80. The standard InChI is InChI=1S/C26H30ClN3O4S/c1-26(2,3)34-25(31)29-16-9-19-30(18-8-12-20-10-5-4-6-11-20)35(32,33)23-14-7-13-22-21(23)15-17-28-24(22)27/h4-7,9-11,13-15,17,19H,8,12,16,18H2,1-3H3,(H,29,31). The average molecular weight is 516 g/mol. The molecule has 0 atom stereocenters. The molecule has 3 rings (SSSR count). The number of amides is 1. The maximum absolute atomic E-state index is 13.7. The number of ether oxygens (including phenoxy) is 1. The summed E-state index contributed by atoms with van der Waals surface area (Å²) in [5.41, 5.74) is 0.508. The fourth-order valence-electron chi connectivity index (χ4n) is 3.48. The number of hydrogen-bond donors (Lipinski definition) is 1. The van der Waals surface area contributed by atoms with Gasteiger partial charge in [-0.05, 0) is 57.4 Å². The number of alkyl carbamates (subject to hydrolysis) is 1. The van der Waals surface area contributed by atoms with Crippen molar-refractivity contribution in [2.75, 3.05) is 13.1 Å². The Kier molecular flexibility index (Phi) is 8.75. The first-order chi connectivity index (χ1) is 16.6. The van der Waals surface area contributed by atoms with Gasteiger partial charge in [0.2, 0.25) is 0 Å². The van der Waals surface area contributed by atoms with Crippen LogP contribution in [0, 0.1) is 0 Å². The molecular formula is C26H30ClN3O4S. The summed E-state index contributed by atoms with van der Waals surface area (Å²) < 4.78 is 34.0. The third-order valence-electron chi connectivity index (χ3n) is 5.03. The van der Waals surface area contributed by atoms with Crippen LogP contribution >= 0.6 is 11.6 Å². The summed E-state index contributed by atoms with van der Waals surface area (Å²) in [7, 11) is -3.91. The first-order valence-electron chi connectivity index (χ1n) is 11.3. The van der Waals surface area contributed by atoms with Gasteiger partial charge in [0, 0.05) is 36.3 Å². The number of carbonyl (C=O) groups excluding carboxylic acids is 1. The van der Waals surface area contributed by atoms with E-state index in [1.54, 1.807) is 51.1 Å². The van der Waals surface area contributed by atoms with Gasteiger partial charge in [-0.25, -0.2) is 18.2 Å². The number of nitrogens with one attached hydrogen (secondary N) is 1. The lowest BCUT2D eigenvalue weighted by Gasteiger charge is -2.22. The number of fused-ring (bicyclic) bond motifs is 1. The number of carbonyl (C=O) groups is 1. The number of rotatable bonds is 9. The van der Waals surface area contributed by atoms with Crippen LogP contribution in [0.25, 0.3) is 10.8 Å². The predicted molar refractivity (Wildman–Crippen MR) is 139 cm³/mol. The van der Waals surface area contributed by atoms with Gasteiger partial charge in [0.15, 0.2) is 0 Å². The molecular weight excluding hydrogens is 486 g/mol. The summed E-state index contributed by atoms with van der Waals surface area (Å²) in [6.45, 7) is 5.69. The van der Waals surface area contributed by atoms with Crippen LogP contribution in [0.4, 0.5) is 4.79 Å². The highest BCUT2D eigenvalue weighted by molar-refractivity contribution is 7.89. The number of halogens is 1. The smallest absolute Gasteiger partial charge is 0.407 e. The normalized spacial score (nSPS) is 12.1. The Hall–Kier alpha value is -3.10. The Morgan fingerprint density at radius 1 is 1.09 bits per heavy atom. The van der Waals surface area contributed by atoms with Gasteiger partial charge in [-0.3, -0.25) is 4.31 Å². The first-order valence-corrected chi connectivity index (χ1v) is 13.1. The molecule has 1 N–H and O–H groups in total. The van der Waals surface area contributed by atoms with E-state index in [0.29, 0.717) is 17.2 Å². The minimum atomic E-state index is -3.91. The third-order valence-corrected chi connectivity index (χ3v) is 7.16. The molecule has 0 unspecified atom stereocenters. The molecule has 1 heterocycles. The highest BCUT2D eigenvalue weighted by atomic mass is 35.5. The summed E-state index contributed by atoms with van der Waals surface area (Å²) in [5.74, 6) is 0. The van der Waals surface area contributed by atoms with E-state index in [2.05, 4.69) is 10.3 Å². The van der Waals surface area contributed by atoms with Crippen LogP contribution in [-0.4, -0.2) is 42.5 Å². The number of aryl methyl sites for hydroxylation is 1. The van der Waals surface area contributed by atoms with Crippen LogP contribution in [0.15, 0.2) is 78.0 Å². The monoisotopic (exact) mass is 515 g/mol. The van der Waals surface area contributed by atoms with Gasteiger partial charge in [0.25, 0.3) is 10.0 Å². The van der Waals surface area contributed by atoms with Crippen molar-refractivity contribution in [2.45, 2.75) is 44.1 Å². The molecule has 2 aromatic carbocycles. The predicted octanol–water partition coefficient (Wildman–Crippen LogP) is 5.55. The van der Waals surface area contributed by atoms with Crippen molar-refractivity contribution < 1.29 is 17.9 Å². The zero-order chi connectivity index (χ0) is 25.5. The highest BCUT2D eigenvalue weighted by Gasteiger charge is 2.24. The molecule has 0 aliphatic heterocycles. The summed E-state index contributed by atoms with van der Waals surface area (Å²) >= 11 is 6.20. The van der Waals surface area contributed by atoms with Crippen LogP contribution in [0.1, 0.15) is 32.8 Å². The molecule has 0 bridgehead atoms. The molecule has 0 fully saturated rings. The Morgan fingerprint density at radius 2 is 1.83 bits per heavy atom. The molecule has 186 valence electrons. The summed E-state index contributed by atoms with van der Waals surface area (Å²) in [6.07, 6.45) is 5.33. The molecule has 0 aliphatic rings. The summed E-state index contributed by atoms with van der Waals surface area (Å²) in [6, 6.07) is 16.5. The van der Waals surface area contributed by atoms with Gasteiger partial charge in [-0.2, -0.15) is 0 Å². The Morgan fingerprint density at radius 3 is 2.54 bits per heavy atom. The molecule has 7 nitrogen and oxygen atoms in total. The Bertz CT molecular complexity index is 1290. The minimum absolute atomic E-state index is 0.116. The van der Waals surface area contributed by atoms with Crippen molar-refractivity contribution >= 4 is 38.5 Å². The minimum Gasteiger partial charge on any atom is -0.444 e. The zero-order valence-electron chi connectivity index (χ0n) is 20.1. The topological polar surface area (TPSA) is 88.6 Å². The molecule has 0 saturated heterocycles. The van der Waals surface area contributed by atoms with Crippen LogP contribution in [0.3, 0.4) is 0 Å². The molecule has 0 aliphatic carbocycles. The van der Waals surface area contributed by atoms with E-state index in [0.717, 1.165) is 12.0 Å². The van der Waals surface area contributed by atoms with E-state index in [1.165, 1.54) is 16.7 Å². The van der Waals surface area contributed by atoms with Crippen molar-refractivity contribution in [3.8, 4) is 0 Å². The fraction of sp³-hybridized carbons (Fsp3) is 0.308. The fourth-order valence-corrected chi connectivity index (χ4v) is 5.28. The second kappa shape index (κ2) is 11.6. The third kappa shape index (κ3) is 7.44. The van der Waals surface area contributed by atoms with Crippen LogP contribution in [0.5, 0.6) is 0 Å². The highest BCUT2D eigenvalue weighted by Crippen LogP contribution is 2.29. The van der Waals surface area contributed by atoms with Gasteiger partial charge in [0.05, 0.1) is 4.90 Å². The van der Waals surface area contributed by atoms with E-state index in [4.69, 9.17) is 16.3 Å². The van der Waals surface area contributed by atoms with E-state index >= 15 is 0 Å². The summed E-state index contributed by atoms with van der Waals surface area (Å²) in [4.78, 5) is 16.1. The lowest BCUT2D eigenvalue weighted by Crippen LogP contribution is -2.33. The summed E-state index contributed by atoms with van der Waals surface area (Å²) in [5, 5.41) is 3.92. The van der Waals surface area contributed by atoms with Gasteiger partial charge in [0.1, 0.15) is 10.8 Å². The number of sulfonamides is 1. The lowest BCUT2D eigenvalue weighted by molar-refractivity contribution is 0.0534. The van der Waals surface area contributed by atoms with Crippen molar-refractivity contribution in [1.29, 1.82) is 0 Å². The van der Waals surface area contributed by atoms with Gasteiger partial charge in [-0.15, -0.1) is 0 Å². The molecule has 35 heavy (non-hydrogen) atoms. The lowest BCUT2D eigenvalue weighted by atomic mass is 10.1. The molecule has 1 amide bonds. The zero-order valence-corrected chi connectivity index (χ0v) is 21.6. The molecule has 0 spiro atoms. The largest absolute Gasteiger partial charge is 0.444 e. The van der Waals surface area contributed by atoms with Crippen molar-refractivity contribution in [1.82, 2.24) is 14.6 Å². The second-order valence-corrected chi connectivity index (χ2v) is 11.1. The van der Waals surface area contributed by atoms with Crippen LogP contribution in [-0.2, 0) is 21.2 Å².